The van der Waals surface area contributed by atoms with Gasteiger partial charge in [-0.2, -0.15) is 0 Å². The van der Waals surface area contributed by atoms with Crippen molar-refractivity contribution >= 4 is 17.2 Å². The normalized spacial score (nSPS) is 10.6. The molecular weight excluding hydrogens is 318 g/mol. The molecule has 3 aromatic rings. The van der Waals surface area contributed by atoms with Crippen LogP contribution in [0, 0.1) is 13.8 Å². The number of aryl methyl sites for hydroxylation is 2. The number of benzene rings is 1. The van der Waals surface area contributed by atoms with Crippen LogP contribution in [0.1, 0.15) is 26.5 Å². The summed E-state index contributed by atoms with van der Waals surface area (Å²) in [5.41, 5.74) is 3.94. The van der Waals surface area contributed by atoms with Crippen LogP contribution >= 0.6 is 11.3 Å². The highest BCUT2D eigenvalue weighted by Gasteiger charge is 2.10. The summed E-state index contributed by atoms with van der Waals surface area (Å²) in [5.74, 6) is -0.0356. The Morgan fingerprint density at radius 2 is 1.79 bits per heavy atom. The molecule has 0 aliphatic heterocycles. The van der Waals surface area contributed by atoms with Crippen LogP contribution in [0.5, 0.6) is 0 Å². The Hall–Kier alpha value is -2.53. The Morgan fingerprint density at radius 1 is 1.08 bits per heavy atom. The van der Waals surface area contributed by atoms with E-state index in [1.54, 1.807) is 23.7 Å². The van der Waals surface area contributed by atoms with E-state index in [-0.39, 0.29) is 5.91 Å². The first-order valence-electron chi connectivity index (χ1n) is 7.85. The van der Waals surface area contributed by atoms with Gasteiger partial charge < -0.3 is 5.32 Å². The number of hydrogen-bond acceptors (Lipinski definition) is 4. The number of carbonyl (C=O) groups excluding carboxylic acids is 1. The number of pyridine rings is 1. The van der Waals surface area contributed by atoms with E-state index in [0.717, 1.165) is 28.2 Å². The van der Waals surface area contributed by atoms with Gasteiger partial charge in [0.2, 0.25) is 0 Å². The molecule has 1 amide bonds. The molecule has 4 nitrogen and oxygen atoms in total. The number of nitrogens with zero attached hydrogens (tertiary/aromatic N) is 2. The highest BCUT2D eigenvalue weighted by Crippen LogP contribution is 2.27. The second-order valence-electron chi connectivity index (χ2n) is 5.64. The molecule has 24 heavy (non-hydrogen) atoms. The summed E-state index contributed by atoms with van der Waals surface area (Å²) >= 11 is 1.67. The van der Waals surface area contributed by atoms with Crippen LogP contribution in [-0.4, -0.2) is 22.4 Å². The summed E-state index contributed by atoms with van der Waals surface area (Å²) in [6.07, 6.45) is 4.33. The Labute approximate surface area is 145 Å². The average molecular weight is 337 g/mol. The molecule has 2 aromatic heterocycles. The van der Waals surface area contributed by atoms with Crippen LogP contribution in [0.25, 0.3) is 10.6 Å². The van der Waals surface area contributed by atoms with E-state index in [0.29, 0.717) is 12.1 Å². The van der Waals surface area contributed by atoms with E-state index >= 15 is 0 Å². The molecule has 122 valence electrons. The van der Waals surface area contributed by atoms with Crippen molar-refractivity contribution in [2.45, 2.75) is 20.3 Å². The minimum Gasteiger partial charge on any atom is -0.352 e. The minimum absolute atomic E-state index is 0.0356. The third kappa shape index (κ3) is 3.86. The van der Waals surface area contributed by atoms with Gasteiger partial charge in [-0.25, -0.2) is 4.98 Å². The predicted molar refractivity (Wildman–Crippen MR) is 97.3 cm³/mol. The fraction of sp³-hybridized carbons (Fsp3) is 0.211. The lowest BCUT2D eigenvalue weighted by atomic mass is 10.1. The first kappa shape index (κ1) is 16.3. The van der Waals surface area contributed by atoms with Gasteiger partial charge in [-0.3, -0.25) is 9.78 Å². The zero-order chi connectivity index (χ0) is 16.9. The molecule has 1 aromatic carbocycles. The maximum atomic E-state index is 12.1. The molecule has 5 heteroatoms. The third-order valence-electron chi connectivity index (χ3n) is 3.77. The Kier molecular flexibility index (Phi) is 5.01. The summed E-state index contributed by atoms with van der Waals surface area (Å²) in [7, 11) is 0. The van der Waals surface area contributed by atoms with Crippen molar-refractivity contribution in [3.8, 4) is 10.6 Å². The van der Waals surface area contributed by atoms with Gasteiger partial charge in [0, 0.05) is 41.4 Å². The minimum atomic E-state index is -0.0356. The van der Waals surface area contributed by atoms with E-state index in [4.69, 9.17) is 0 Å². The Balaban J connectivity index is 1.60. The standard InChI is InChI=1S/C19H19N3OS/c1-13-3-5-15(6-4-13)18(23)21-12-9-17-14(2)22-19(24-17)16-7-10-20-11-8-16/h3-8,10-11H,9,12H2,1-2H3,(H,21,23). The molecule has 0 fully saturated rings. The first-order valence-corrected chi connectivity index (χ1v) is 8.66. The molecular formula is C19H19N3OS. The second-order valence-corrected chi connectivity index (χ2v) is 6.72. The lowest BCUT2D eigenvalue weighted by Crippen LogP contribution is -2.25. The van der Waals surface area contributed by atoms with Crippen molar-refractivity contribution in [3.05, 3.63) is 70.5 Å². The van der Waals surface area contributed by atoms with Gasteiger partial charge in [0.1, 0.15) is 5.01 Å². The largest absolute Gasteiger partial charge is 0.352 e. The predicted octanol–water partition coefficient (Wildman–Crippen LogP) is 3.79. The molecule has 1 N–H and O–H groups in total. The van der Waals surface area contributed by atoms with Crippen molar-refractivity contribution in [2.24, 2.45) is 0 Å². The summed E-state index contributed by atoms with van der Waals surface area (Å²) in [5, 5.41) is 3.97. The Bertz CT molecular complexity index is 826. The van der Waals surface area contributed by atoms with E-state index in [2.05, 4.69) is 15.3 Å². The van der Waals surface area contributed by atoms with Crippen molar-refractivity contribution < 1.29 is 4.79 Å². The topological polar surface area (TPSA) is 54.9 Å². The molecule has 2 heterocycles. The molecule has 0 saturated heterocycles. The number of amides is 1. The van der Waals surface area contributed by atoms with Gasteiger partial charge in [-0.15, -0.1) is 11.3 Å². The summed E-state index contributed by atoms with van der Waals surface area (Å²) < 4.78 is 0. The van der Waals surface area contributed by atoms with Crippen LogP contribution in [0.4, 0.5) is 0 Å². The summed E-state index contributed by atoms with van der Waals surface area (Å²) in [4.78, 5) is 22.0. The van der Waals surface area contributed by atoms with Gasteiger partial charge in [0.05, 0.1) is 5.69 Å². The fourth-order valence-electron chi connectivity index (χ4n) is 2.37. The maximum absolute atomic E-state index is 12.1. The zero-order valence-corrected chi connectivity index (χ0v) is 14.6. The third-order valence-corrected chi connectivity index (χ3v) is 5.04. The van der Waals surface area contributed by atoms with Crippen LogP contribution < -0.4 is 5.32 Å². The molecule has 0 atom stereocenters. The molecule has 0 radical (unpaired) electrons. The SMILES string of the molecule is Cc1ccc(C(=O)NCCc2sc(-c3ccncc3)nc2C)cc1. The molecule has 3 rings (SSSR count). The van der Waals surface area contributed by atoms with E-state index in [1.807, 2.05) is 50.2 Å². The number of rotatable bonds is 5. The van der Waals surface area contributed by atoms with Gasteiger partial charge in [-0.05, 0) is 38.1 Å². The maximum Gasteiger partial charge on any atom is 0.251 e. The first-order chi connectivity index (χ1) is 11.6. The number of aromatic nitrogens is 2. The van der Waals surface area contributed by atoms with Crippen LogP contribution in [0.15, 0.2) is 48.8 Å². The summed E-state index contributed by atoms with van der Waals surface area (Å²) in [6, 6.07) is 11.5. The van der Waals surface area contributed by atoms with Gasteiger partial charge >= 0.3 is 0 Å². The number of hydrogen-bond donors (Lipinski definition) is 1. The molecule has 0 spiro atoms. The van der Waals surface area contributed by atoms with Crippen molar-refractivity contribution in [1.29, 1.82) is 0 Å². The van der Waals surface area contributed by atoms with Gasteiger partial charge in [0.25, 0.3) is 5.91 Å². The lowest BCUT2D eigenvalue weighted by molar-refractivity contribution is 0.0954. The second kappa shape index (κ2) is 7.36. The number of carbonyl (C=O) groups is 1. The zero-order valence-electron chi connectivity index (χ0n) is 13.7. The van der Waals surface area contributed by atoms with E-state index < -0.39 is 0 Å². The molecule has 0 saturated carbocycles. The molecule has 0 bridgehead atoms. The van der Waals surface area contributed by atoms with E-state index in [1.165, 1.54) is 4.88 Å². The van der Waals surface area contributed by atoms with Crippen molar-refractivity contribution in [3.63, 3.8) is 0 Å². The summed E-state index contributed by atoms with van der Waals surface area (Å²) in [6.45, 7) is 4.62. The average Bonchev–Trinajstić information content (AvgIpc) is 2.97. The van der Waals surface area contributed by atoms with Crippen LogP contribution in [0.3, 0.4) is 0 Å². The molecule has 0 aliphatic rings. The highest BCUT2D eigenvalue weighted by molar-refractivity contribution is 7.15. The highest BCUT2D eigenvalue weighted by atomic mass is 32.1. The van der Waals surface area contributed by atoms with E-state index in [9.17, 15) is 4.79 Å². The Morgan fingerprint density at radius 3 is 2.50 bits per heavy atom. The quantitative estimate of drug-likeness (QED) is 0.770. The molecule has 0 aliphatic carbocycles. The number of nitrogens with one attached hydrogen (secondary N) is 1. The fourth-order valence-corrected chi connectivity index (χ4v) is 3.44. The van der Waals surface area contributed by atoms with Gasteiger partial charge in [0.15, 0.2) is 0 Å². The van der Waals surface area contributed by atoms with Crippen molar-refractivity contribution in [1.82, 2.24) is 15.3 Å². The van der Waals surface area contributed by atoms with Crippen LogP contribution in [-0.2, 0) is 6.42 Å². The monoisotopic (exact) mass is 337 g/mol. The molecule has 0 unspecified atom stereocenters. The van der Waals surface area contributed by atoms with Gasteiger partial charge in [-0.1, -0.05) is 17.7 Å². The lowest BCUT2D eigenvalue weighted by Gasteiger charge is -2.05. The van der Waals surface area contributed by atoms with Crippen molar-refractivity contribution in [2.75, 3.05) is 6.54 Å². The van der Waals surface area contributed by atoms with Crippen LogP contribution in [0.2, 0.25) is 0 Å². The number of thiazole rings is 1. The smallest absolute Gasteiger partial charge is 0.251 e.